The van der Waals surface area contributed by atoms with Crippen LogP contribution in [0.2, 0.25) is 0 Å². The number of allylic oxidation sites excluding steroid dienone is 8. The number of amides is 1. The van der Waals surface area contributed by atoms with Crippen LogP contribution in [-0.4, -0.2) is 46.9 Å². The van der Waals surface area contributed by atoms with Crippen LogP contribution in [0.25, 0.3) is 0 Å². The predicted octanol–water partition coefficient (Wildman–Crippen LogP) is 17.8. The standard InChI is InChI=1S/C60H111NO5/c1-4-7-10-13-16-19-22-25-27-29-31-34-36-39-42-45-48-51-56(66-60(65)53-50-47-44-41-38-35-32-30-28-26-23-20-17-14-11-8-5-2)54-59(64)61-57(55-62)58(63)52-49-46-43-40-37-33-24-21-18-15-12-9-6-3/h16-17,19-20,25-28,56-58,62-63H,4-15,18,21-24,29-55H2,1-3H3,(H,61,64)/b19-16-,20-17-,27-25-,28-26-. The molecule has 66 heavy (non-hydrogen) atoms. The van der Waals surface area contributed by atoms with Crippen LogP contribution in [0.4, 0.5) is 0 Å². The number of carbonyl (C=O) groups is 2. The molecule has 0 aliphatic heterocycles. The first-order chi connectivity index (χ1) is 32.5. The van der Waals surface area contributed by atoms with E-state index < -0.39 is 18.2 Å². The fourth-order valence-corrected chi connectivity index (χ4v) is 8.73. The Morgan fingerprint density at radius 1 is 0.439 bits per heavy atom. The molecule has 0 aromatic carbocycles. The Bertz CT molecular complexity index is 1130. The molecule has 0 aromatic rings. The van der Waals surface area contributed by atoms with Gasteiger partial charge in [0.1, 0.15) is 6.10 Å². The highest BCUT2D eigenvalue weighted by molar-refractivity contribution is 5.77. The summed E-state index contributed by atoms with van der Waals surface area (Å²) < 4.78 is 5.96. The molecule has 0 aromatic heterocycles. The van der Waals surface area contributed by atoms with Crippen LogP contribution in [0.15, 0.2) is 48.6 Å². The van der Waals surface area contributed by atoms with Crippen LogP contribution in [0.5, 0.6) is 0 Å². The lowest BCUT2D eigenvalue weighted by Crippen LogP contribution is -2.46. The number of rotatable bonds is 52. The second-order valence-corrected chi connectivity index (χ2v) is 19.7. The first-order valence-electron chi connectivity index (χ1n) is 28.9. The van der Waals surface area contributed by atoms with Crippen molar-refractivity contribution < 1.29 is 24.5 Å². The minimum absolute atomic E-state index is 0.0702. The van der Waals surface area contributed by atoms with Gasteiger partial charge in [0.2, 0.25) is 5.91 Å². The molecule has 3 N–H and O–H groups in total. The van der Waals surface area contributed by atoms with Crippen molar-refractivity contribution in [3.63, 3.8) is 0 Å². The molecule has 0 saturated heterocycles. The van der Waals surface area contributed by atoms with Crippen LogP contribution in [-0.2, 0) is 14.3 Å². The van der Waals surface area contributed by atoms with E-state index in [2.05, 4.69) is 74.7 Å². The van der Waals surface area contributed by atoms with Gasteiger partial charge < -0.3 is 20.3 Å². The van der Waals surface area contributed by atoms with Crippen LogP contribution in [0.3, 0.4) is 0 Å². The first kappa shape index (κ1) is 63.8. The number of nitrogens with one attached hydrogen (secondary N) is 1. The molecule has 0 fully saturated rings. The van der Waals surface area contributed by atoms with Gasteiger partial charge in [0.15, 0.2) is 0 Å². The number of aliphatic hydroxyl groups excluding tert-OH is 2. The zero-order chi connectivity index (χ0) is 48.1. The first-order valence-corrected chi connectivity index (χ1v) is 28.9. The minimum Gasteiger partial charge on any atom is -0.462 e. The van der Waals surface area contributed by atoms with Crippen molar-refractivity contribution in [2.45, 2.75) is 315 Å². The molecule has 0 radical (unpaired) electrons. The number of hydrogen-bond acceptors (Lipinski definition) is 5. The molecule has 386 valence electrons. The molecule has 1 amide bonds. The van der Waals surface area contributed by atoms with Crippen molar-refractivity contribution in [2.75, 3.05) is 6.61 Å². The number of carbonyl (C=O) groups excluding carboxylic acids is 2. The second kappa shape index (κ2) is 53.8. The van der Waals surface area contributed by atoms with E-state index in [4.69, 9.17) is 4.74 Å². The summed E-state index contributed by atoms with van der Waals surface area (Å²) >= 11 is 0. The number of unbranched alkanes of at least 4 members (excludes halogenated alkanes) is 32. The summed E-state index contributed by atoms with van der Waals surface area (Å²) in [5.74, 6) is -0.480. The zero-order valence-electron chi connectivity index (χ0n) is 44.1. The maximum atomic E-state index is 13.3. The smallest absolute Gasteiger partial charge is 0.306 e. The van der Waals surface area contributed by atoms with E-state index in [-0.39, 0.29) is 24.9 Å². The van der Waals surface area contributed by atoms with Crippen LogP contribution in [0.1, 0.15) is 297 Å². The van der Waals surface area contributed by atoms with E-state index in [1.54, 1.807) is 0 Å². The van der Waals surface area contributed by atoms with Gasteiger partial charge >= 0.3 is 5.97 Å². The number of aliphatic hydroxyl groups is 2. The van der Waals surface area contributed by atoms with Gasteiger partial charge in [-0.15, -0.1) is 0 Å². The van der Waals surface area contributed by atoms with Gasteiger partial charge in [0.05, 0.1) is 25.2 Å². The Kier molecular flexibility index (Phi) is 52.0. The Balaban J connectivity index is 4.59. The molecular formula is C60H111NO5. The summed E-state index contributed by atoms with van der Waals surface area (Å²) in [7, 11) is 0. The van der Waals surface area contributed by atoms with Crippen LogP contribution >= 0.6 is 0 Å². The SMILES string of the molecule is CCCCC/C=C\C/C=C\CCCCCCCCCC(=O)OC(CCCCCCCCC/C=C\C/C=C\CCCCC)CC(=O)NC(CO)C(O)CCCCCCCCCCCCCCC. The van der Waals surface area contributed by atoms with Crippen molar-refractivity contribution in [1.29, 1.82) is 0 Å². The molecule has 0 heterocycles. The Morgan fingerprint density at radius 2 is 0.773 bits per heavy atom. The lowest BCUT2D eigenvalue weighted by atomic mass is 10.0. The quantitative estimate of drug-likeness (QED) is 0.0321. The molecule has 3 unspecified atom stereocenters. The number of esters is 1. The summed E-state index contributed by atoms with van der Waals surface area (Å²) in [6.45, 7) is 6.46. The lowest BCUT2D eigenvalue weighted by molar-refractivity contribution is -0.151. The summed E-state index contributed by atoms with van der Waals surface area (Å²) in [5.41, 5.74) is 0. The average molecular weight is 927 g/mol. The van der Waals surface area contributed by atoms with Gasteiger partial charge in [-0.2, -0.15) is 0 Å². The highest BCUT2D eigenvalue weighted by Crippen LogP contribution is 2.18. The highest BCUT2D eigenvalue weighted by atomic mass is 16.5. The highest BCUT2D eigenvalue weighted by Gasteiger charge is 2.24. The largest absolute Gasteiger partial charge is 0.462 e. The van der Waals surface area contributed by atoms with Crippen molar-refractivity contribution >= 4 is 11.9 Å². The normalized spacial score (nSPS) is 13.5. The number of ether oxygens (including phenoxy) is 1. The molecule has 6 nitrogen and oxygen atoms in total. The summed E-state index contributed by atoms with van der Waals surface area (Å²) in [5, 5.41) is 23.9. The molecule has 0 saturated carbocycles. The van der Waals surface area contributed by atoms with Gasteiger partial charge in [0.25, 0.3) is 0 Å². The number of hydrogen-bond donors (Lipinski definition) is 3. The fraction of sp³-hybridized carbons (Fsp3) is 0.833. The second-order valence-electron chi connectivity index (χ2n) is 19.7. The van der Waals surface area contributed by atoms with E-state index in [1.807, 2.05) is 0 Å². The van der Waals surface area contributed by atoms with Gasteiger partial charge in [-0.3, -0.25) is 9.59 Å². The molecule has 0 rings (SSSR count). The van der Waals surface area contributed by atoms with Gasteiger partial charge in [0, 0.05) is 6.42 Å². The third-order valence-corrected chi connectivity index (χ3v) is 13.1. The van der Waals surface area contributed by atoms with E-state index in [0.29, 0.717) is 19.3 Å². The Morgan fingerprint density at radius 3 is 1.18 bits per heavy atom. The van der Waals surface area contributed by atoms with Crippen LogP contribution in [0, 0.1) is 0 Å². The van der Waals surface area contributed by atoms with Crippen LogP contribution < -0.4 is 5.32 Å². The third-order valence-electron chi connectivity index (χ3n) is 13.1. The summed E-state index contributed by atoms with van der Waals surface area (Å²) in [6, 6.07) is -0.706. The molecule has 6 heteroatoms. The van der Waals surface area contributed by atoms with E-state index in [0.717, 1.165) is 83.5 Å². The van der Waals surface area contributed by atoms with Gasteiger partial charge in [-0.1, -0.05) is 243 Å². The van der Waals surface area contributed by atoms with Gasteiger partial charge in [-0.05, 0) is 89.9 Å². The molecule has 0 spiro atoms. The molecular weight excluding hydrogens is 815 g/mol. The summed E-state index contributed by atoms with van der Waals surface area (Å²) in [6.07, 6.45) is 66.0. The topological polar surface area (TPSA) is 95.9 Å². The van der Waals surface area contributed by atoms with E-state index >= 15 is 0 Å². The third kappa shape index (κ3) is 48.3. The minimum atomic E-state index is -0.792. The van der Waals surface area contributed by atoms with Crippen molar-refractivity contribution in [2.24, 2.45) is 0 Å². The lowest BCUT2D eigenvalue weighted by Gasteiger charge is -2.24. The molecule has 0 aliphatic rings. The fourth-order valence-electron chi connectivity index (χ4n) is 8.73. The monoisotopic (exact) mass is 926 g/mol. The predicted molar refractivity (Wildman–Crippen MR) is 287 cm³/mol. The van der Waals surface area contributed by atoms with Gasteiger partial charge in [-0.25, -0.2) is 0 Å². The maximum absolute atomic E-state index is 13.3. The molecule has 3 atom stereocenters. The molecule has 0 aliphatic carbocycles. The Hall–Kier alpha value is -2.18. The molecule has 0 bridgehead atoms. The zero-order valence-corrected chi connectivity index (χ0v) is 44.1. The van der Waals surface area contributed by atoms with Crippen molar-refractivity contribution in [3.8, 4) is 0 Å². The Labute approximate surface area is 410 Å². The average Bonchev–Trinajstić information content (AvgIpc) is 3.31. The summed E-state index contributed by atoms with van der Waals surface area (Å²) in [4.78, 5) is 26.3. The van der Waals surface area contributed by atoms with Crippen molar-refractivity contribution in [3.05, 3.63) is 48.6 Å². The van der Waals surface area contributed by atoms with E-state index in [1.165, 1.54) is 167 Å². The maximum Gasteiger partial charge on any atom is 0.306 e. The van der Waals surface area contributed by atoms with Crippen molar-refractivity contribution in [1.82, 2.24) is 5.32 Å². The van der Waals surface area contributed by atoms with E-state index in [9.17, 15) is 19.8 Å².